The molecule has 0 unspecified atom stereocenters. The summed E-state index contributed by atoms with van der Waals surface area (Å²) in [6, 6.07) is 23.4. The fourth-order valence-electron chi connectivity index (χ4n) is 4.64. The predicted molar refractivity (Wildman–Crippen MR) is 147 cm³/mol. The van der Waals surface area contributed by atoms with Gasteiger partial charge in [-0.1, -0.05) is 49.1 Å². The summed E-state index contributed by atoms with van der Waals surface area (Å²) in [6.45, 7) is 7.17. The Morgan fingerprint density at radius 1 is 0.588 bits per heavy atom. The number of nitrogens with one attached hydrogen (secondary N) is 2. The molecule has 4 nitrogen and oxygen atoms in total. The summed E-state index contributed by atoms with van der Waals surface area (Å²) in [6.07, 6.45) is 8.40. The number of benzene rings is 1. The Bertz CT molecular complexity index is 1550. The largest absolute Gasteiger partial charge is 0.355 e. The molecule has 0 radical (unpaired) electrons. The predicted octanol–water partition coefficient (Wildman–Crippen LogP) is 6.87. The van der Waals surface area contributed by atoms with Crippen molar-refractivity contribution in [1.82, 2.24) is 19.9 Å². The number of aromatic nitrogens is 4. The maximum atomic E-state index is 5.04. The molecule has 0 aliphatic carbocycles. The molecule has 6 rings (SSSR count). The molecule has 0 saturated heterocycles. The molecular formula is C29H26N4Si. The van der Waals surface area contributed by atoms with Crippen molar-refractivity contribution < 1.29 is 0 Å². The van der Waals surface area contributed by atoms with Crippen molar-refractivity contribution in [1.29, 1.82) is 0 Å². The van der Waals surface area contributed by atoms with Crippen LogP contribution in [0.2, 0.25) is 19.6 Å². The van der Waals surface area contributed by atoms with E-state index in [0.717, 1.165) is 50.4 Å². The third kappa shape index (κ3) is 3.84. The van der Waals surface area contributed by atoms with Crippen LogP contribution in [0, 0.1) is 0 Å². The minimum Gasteiger partial charge on any atom is -0.355 e. The molecule has 3 aromatic heterocycles. The van der Waals surface area contributed by atoms with Gasteiger partial charge in [0.25, 0.3) is 0 Å². The van der Waals surface area contributed by atoms with Gasteiger partial charge in [0.15, 0.2) is 0 Å². The van der Waals surface area contributed by atoms with Gasteiger partial charge in [0.1, 0.15) is 0 Å². The Kier molecular flexibility index (Phi) is 4.74. The summed E-state index contributed by atoms with van der Waals surface area (Å²) in [5, 5.41) is 1.42. The van der Waals surface area contributed by atoms with E-state index in [2.05, 4.69) is 121 Å². The third-order valence-electron chi connectivity index (χ3n) is 6.22. The Labute approximate surface area is 199 Å². The van der Waals surface area contributed by atoms with Crippen LogP contribution in [-0.2, 0) is 0 Å². The van der Waals surface area contributed by atoms with E-state index in [0.29, 0.717) is 0 Å². The van der Waals surface area contributed by atoms with Crippen molar-refractivity contribution in [2.24, 2.45) is 0 Å². The highest BCUT2D eigenvalue weighted by atomic mass is 28.3. The zero-order chi connectivity index (χ0) is 23.3. The number of nitrogens with zero attached hydrogens (tertiary/aromatic N) is 2. The van der Waals surface area contributed by atoms with Gasteiger partial charge < -0.3 is 9.97 Å². The van der Waals surface area contributed by atoms with Gasteiger partial charge in [0.2, 0.25) is 0 Å². The number of fused-ring (bicyclic) bond motifs is 8. The average molecular weight is 459 g/mol. The zero-order valence-corrected chi connectivity index (χ0v) is 20.6. The summed E-state index contributed by atoms with van der Waals surface area (Å²) >= 11 is 0. The van der Waals surface area contributed by atoms with Crippen molar-refractivity contribution >= 4 is 59.6 Å². The second-order valence-corrected chi connectivity index (χ2v) is 14.9. The van der Waals surface area contributed by atoms with Crippen LogP contribution in [0.1, 0.15) is 22.8 Å². The van der Waals surface area contributed by atoms with Crippen LogP contribution in [-0.4, -0.2) is 28.0 Å². The van der Waals surface area contributed by atoms with Crippen LogP contribution in [0.3, 0.4) is 0 Å². The number of hydrogen-bond acceptors (Lipinski definition) is 2. The second-order valence-electron chi connectivity index (χ2n) is 9.85. The molecule has 1 aromatic carbocycles. The minimum absolute atomic E-state index is 0.930. The fraction of sp³-hybridized carbons (Fsp3) is 0.103. The highest BCUT2D eigenvalue weighted by Gasteiger charge is 2.24. The monoisotopic (exact) mass is 458 g/mol. The summed E-state index contributed by atoms with van der Waals surface area (Å²) in [4.78, 5) is 17.0. The van der Waals surface area contributed by atoms with Gasteiger partial charge >= 0.3 is 0 Å². The maximum absolute atomic E-state index is 5.04. The van der Waals surface area contributed by atoms with Crippen molar-refractivity contribution in [3.05, 3.63) is 89.5 Å². The van der Waals surface area contributed by atoms with Crippen LogP contribution in [0.4, 0.5) is 0 Å². The van der Waals surface area contributed by atoms with E-state index >= 15 is 0 Å². The molecule has 2 N–H and O–H groups in total. The first-order chi connectivity index (χ1) is 16.4. The number of hydrogen-bond donors (Lipinski definition) is 2. The zero-order valence-electron chi connectivity index (χ0n) is 19.6. The van der Waals surface area contributed by atoms with E-state index < -0.39 is 8.07 Å². The minimum atomic E-state index is -1.60. The number of H-pyrrole nitrogens is 2. The highest BCUT2D eigenvalue weighted by molar-refractivity contribution is 6.89. The molecule has 5 heterocycles. The van der Waals surface area contributed by atoms with E-state index in [9.17, 15) is 0 Å². The van der Waals surface area contributed by atoms with Gasteiger partial charge in [-0.3, -0.25) is 0 Å². The van der Waals surface area contributed by atoms with Crippen LogP contribution < -0.4 is 5.19 Å². The van der Waals surface area contributed by atoms with E-state index in [-0.39, 0.29) is 0 Å². The first-order valence-corrected chi connectivity index (χ1v) is 15.1. The summed E-state index contributed by atoms with van der Waals surface area (Å²) < 4.78 is 0. The van der Waals surface area contributed by atoms with Crippen LogP contribution in [0.5, 0.6) is 0 Å². The maximum Gasteiger partial charge on any atom is 0.0784 e. The van der Waals surface area contributed by atoms with Gasteiger partial charge in [-0.25, -0.2) is 9.97 Å². The highest BCUT2D eigenvalue weighted by Crippen LogP contribution is 2.31. The van der Waals surface area contributed by atoms with E-state index in [4.69, 9.17) is 9.97 Å². The molecule has 166 valence electrons. The molecule has 2 aliphatic rings. The van der Waals surface area contributed by atoms with E-state index in [1.54, 1.807) is 0 Å². The van der Waals surface area contributed by atoms with Gasteiger partial charge in [-0.05, 0) is 72.3 Å². The lowest BCUT2D eigenvalue weighted by Gasteiger charge is -2.21. The van der Waals surface area contributed by atoms with Gasteiger partial charge in [-0.2, -0.15) is 0 Å². The Balaban J connectivity index is 1.73. The molecule has 0 fully saturated rings. The topological polar surface area (TPSA) is 57.4 Å². The smallest absolute Gasteiger partial charge is 0.0784 e. The van der Waals surface area contributed by atoms with Crippen molar-refractivity contribution in [3.8, 4) is 11.1 Å². The lowest BCUT2D eigenvalue weighted by molar-refractivity contribution is 1.28. The molecule has 0 atom stereocenters. The number of rotatable bonds is 2. The molecular weight excluding hydrogens is 432 g/mol. The first-order valence-electron chi connectivity index (χ1n) is 11.6. The molecule has 0 spiro atoms. The molecule has 34 heavy (non-hydrogen) atoms. The Morgan fingerprint density at radius 3 is 1.62 bits per heavy atom. The molecule has 8 bridgehead atoms. The molecule has 0 amide bonds. The normalized spacial score (nSPS) is 12.9. The van der Waals surface area contributed by atoms with E-state index in [1.807, 2.05) is 0 Å². The van der Waals surface area contributed by atoms with Crippen molar-refractivity contribution in [2.75, 3.05) is 0 Å². The lowest BCUT2D eigenvalue weighted by Crippen LogP contribution is -2.39. The van der Waals surface area contributed by atoms with Gasteiger partial charge in [0, 0.05) is 27.6 Å². The molecule has 0 saturated carbocycles. The second kappa shape index (κ2) is 7.82. The van der Waals surface area contributed by atoms with Crippen molar-refractivity contribution in [2.45, 2.75) is 19.6 Å². The first kappa shape index (κ1) is 20.6. The van der Waals surface area contributed by atoms with Crippen LogP contribution >= 0.6 is 0 Å². The van der Waals surface area contributed by atoms with Gasteiger partial charge in [0.05, 0.1) is 30.8 Å². The summed E-state index contributed by atoms with van der Waals surface area (Å²) in [7, 11) is -1.60. The molecule has 2 aliphatic heterocycles. The van der Waals surface area contributed by atoms with Crippen LogP contribution in [0.15, 0.2) is 66.7 Å². The molecule has 4 aromatic rings. The van der Waals surface area contributed by atoms with Crippen molar-refractivity contribution in [3.63, 3.8) is 0 Å². The Hall–Kier alpha value is -3.96. The third-order valence-corrected chi connectivity index (χ3v) is 8.27. The quantitative estimate of drug-likeness (QED) is 0.278. The standard InChI is InChI=1S/C29H26N4Si/c1-34(2,3)28-7-5-4-6-25(28)29-26-14-12-23(32-26)17-21-10-8-19(30-21)16-20-9-11-22(31-20)18-24-13-15-27(29)33-24/h4-18,30-31H,1-3H3. The summed E-state index contributed by atoms with van der Waals surface area (Å²) in [5.74, 6) is 0. The number of aromatic amines is 2. The van der Waals surface area contributed by atoms with E-state index in [1.165, 1.54) is 10.8 Å². The average Bonchev–Trinajstić information content (AvgIpc) is 3.59. The summed E-state index contributed by atoms with van der Waals surface area (Å²) in [5.41, 5.74) is 10.2. The SMILES string of the molecule is C[Si](C)(C)c1ccccc1-c1c2nc(cc3ccc(cc4ccc(cc5nc1C=C5)[nH]4)[nH]3)C=C2. The fourth-order valence-corrected chi connectivity index (χ4v) is 6.25. The molecule has 5 heteroatoms. The lowest BCUT2D eigenvalue weighted by atomic mass is 10.0. The Morgan fingerprint density at radius 2 is 1.09 bits per heavy atom. The van der Waals surface area contributed by atoms with Gasteiger partial charge in [-0.15, -0.1) is 0 Å². The van der Waals surface area contributed by atoms with Crippen LogP contribution in [0.25, 0.3) is 57.5 Å².